The summed E-state index contributed by atoms with van der Waals surface area (Å²) in [6.45, 7) is 0. The minimum Gasteiger partial charge on any atom is -0.306 e. The SMILES string of the molecule is NNc1nc2sccn2c1S(=O)(=O)Nc1cccc(Cl)c1. The van der Waals surface area contributed by atoms with E-state index in [2.05, 4.69) is 15.1 Å². The normalized spacial score (nSPS) is 11.7. The third-order valence-corrected chi connectivity index (χ3v) is 5.08. The summed E-state index contributed by atoms with van der Waals surface area (Å²) in [5.41, 5.74) is 2.66. The molecule has 2 aromatic heterocycles. The van der Waals surface area contributed by atoms with Crippen molar-refractivity contribution in [1.82, 2.24) is 9.38 Å². The molecule has 7 nitrogen and oxygen atoms in total. The zero-order chi connectivity index (χ0) is 15.0. The number of hydrazine groups is 1. The number of thiazole rings is 1. The van der Waals surface area contributed by atoms with E-state index in [0.29, 0.717) is 15.7 Å². The van der Waals surface area contributed by atoms with E-state index < -0.39 is 10.0 Å². The molecule has 3 aromatic rings. The van der Waals surface area contributed by atoms with Crippen LogP contribution in [0.15, 0.2) is 40.9 Å². The number of anilines is 2. The van der Waals surface area contributed by atoms with E-state index >= 15 is 0 Å². The molecule has 4 N–H and O–H groups in total. The van der Waals surface area contributed by atoms with Crippen LogP contribution in [0.3, 0.4) is 0 Å². The highest BCUT2D eigenvalue weighted by molar-refractivity contribution is 7.92. The Labute approximate surface area is 129 Å². The summed E-state index contributed by atoms with van der Waals surface area (Å²) in [4.78, 5) is 4.64. The van der Waals surface area contributed by atoms with Gasteiger partial charge in [0.1, 0.15) is 0 Å². The van der Waals surface area contributed by atoms with Crippen molar-refractivity contribution in [1.29, 1.82) is 0 Å². The Morgan fingerprint density at radius 3 is 2.90 bits per heavy atom. The predicted octanol–water partition coefficient (Wildman–Crippen LogP) is 2.14. The van der Waals surface area contributed by atoms with Crippen LogP contribution in [0.1, 0.15) is 0 Å². The van der Waals surface area contributed by atoms with E-state index in [4.69, 9.17) is 17.4 Å². The van der Waals surface area contributed by atoms with E-state index in [9.17, 15) is 8.42 Å². The summed E-state index contributed by atoms with van der Waals surface area (Å²) in [6, 6.07) is 6.42. The van der Waals surface area contributed by atoms with E-state index in [-0.39, 0.29) is 10.8 Å². The molecule has 0 saturated heterocycles. The molecule has 0 atom stereocenters. The van der Waals surface area contributed by atoms with Crippen molar-refractivity contribution in [2.75, 3.05) is 10.1 Å². The van der Waals surface area contributed by atoms with Crippen LogP contribution in [0.2, 0.25) is 5.02 Å². The topological polar surface area (TPSA) is 102 Å². The molecule has 0 amide bonds. The van der Waals surface area contributed by atoms with E-state index in [1.54, 1.807) is 29.8 Å². The summed E-state index contributed by atoms with van der Waals surface area (Å²) in [5.74, 6) is 5.43. The van der Waals surface area contributed by atoms with Crippen LogP contribution in [-0.4, -0.2) is 17.8 Å². The minimum absolute atomic E-state index is 0.0544. The predicted molar refractivity (Wildman–Crippen MR) is 83.1 cm³/mol. The molecular formula is C11H10ClN5O2S2. The van der Waals surface area contributed by atoms with Gasteiger partial charge in [0.05, 0.1) is 5.69 Å². The fraction of sp³-hybridized carbons (Fsp3) is 0. The first-order valence-corrected chi connectivity index (χ1v) is 8.46. The van der Waals surface area contributed by atoms with Gasteiger partial charge < -0.3 is 5.43 Å². The highest BCUT2D eigenvalue weighted by Crippen LogP contribution is 2.27. The first-order chi connectivity index (χ1) is 10.0. The fourth-order valence-corrected chi connectivity index (χ4v) is 4.13. The molecule has 0 bridgehead atoms. The number of nitrogens with one attached hydrogen (secondary N) is 2. The first-order valence-electron chi connectivity index (χ1n) is 5.72. The number of imidazole rings is 1. The van der Waals surface area contributed by atoms with Crippen LogP contribution < -0.4 is 16.0 Å². The van der Waals surface area contributed by atoms with Crippen LogP contribution in [0.25, 0.3) is 4.96 Å². The monoisotopic (exact) mass is 343 g/mol. The van der Waals surface area contributed by atoms with Gasteiger partial charge >= 0.3 is 0 Å². The van der Waals surface area contributed by atoms with E-state index in [1.165, 1.54) is 21.8 Å². The van der Waals surface area contributed by atoms with Gasteiger partial charge in [0.2, 0.25) is 5.03 Å². The third-order valence-electron chi connectivity index (χ3n) is 2.69. The Morgan fingerprint density at radius 2 is 2.19 bits per heavy atom. The summed E-state index contributed by atoms with van der Waals surface area (Å²) in [6.07, 6.45) is 1.61. The lowest BCUT2D eigenvalue weighted by Crippen LogP contribution is -2.18. The van der Waals surface area contributed by atoms with Crippen LogP contribution in [0, 0.1) is 0 Å². The molecule has 0 fully saturated rings. The number of benzene rings is 1. The molecule has 1 aromatic carbocycles. The number of sulfonamides is 1. The number of fused-ring (bicyclic) bond motifs is 1. The lowest BCUT2D eigenvalue weighted by Gasteiger charge is -2.09. The lowest BCUT2D eigenvalue weighted by molar-refractivity contribution is 0.597. The molecule has 0 aliphatic heterocycles. The summed E-state index contributed by atoms with van der Waals surface area (Å²) in [5, 5.41) is 2.11. The molecule has 0 unspecified atom stereocenters. The summed E-state index contributed by atoms with van der Waals surface area (Å²) < 4.78 is 29.0. The number of aromatic nitrogens is 2. The largest absolute Gasteiger partial charge is 0.306 e. The highest BCUT2D eigenvalue weighted by Gasteiger charge is 2.25. The fourth-order valence-electron chi connectivity index (χ4n) is 1.87. The molecular weight excluding hydrogens is 334 g/mol. The van der Waals surface area contributed by atoms with Gasteiger partial charge in [0.15, 0.2) is 10.8 Å². The van der Waals surface area contributed by atoms with Gasteiger partial charge in [-0.25, -0.2) is 5.84 Å². The molecule has 10 heteroatoms. The Kier molecular flexibility index (Phi) is 3.49. The van der Waals surface area contributed by atoms with Crippen LogP contribution in [0.4, 0.5) is 11.5 Å². The Bertz CT molecular complexity index is 902. The van der Waals surface area contributed by atoms with Crippen molar-refractivity contribution < 1.29 is 8.42 Å². The molecule has 0 saturated carbocycles. The Hall–Kier alpha value is -1.81. The minimum atomic E-state index is -3.87. The third kappa shape index (κ3) is 2.56. The number of nitrogens with two attached hydrogens (primary N) is 1. The number of hydrogen-bond donors (Lipinski definition) is 3. The van der Waals surface area contributed by atoms with Gasteiger partial charge in [-0.15, -0.1) is 11.3 Å². The number of nitrogens with zero attached hydrogens (tertiary/aromatic N) is 2. The van der Waals surface area contributed by atoms with Crippen molar-refractivity contribution in [2.24, 2.45) is 5.84 Å². The van der Waals surface area contributed by atoms with Gasteiger partial charge in [-0.05, 0) is 18.2 Å². The molecule has 110 valence electrons. The van der Waals surface area contributed by atoms with Gasteiger partial charge in [-0.2, -0.15) is 13.4 Å². The van der Waals surface area contributed by atoms with Crippen molar-refractivity contribution >= 4 is 49.4 Å². The van der Waals surface area contributed by atoms with Gasteiger partial charge in [-0.1, -0.05) is 17.7 Å². The quantitative estimate of drug-likeness (QED) is 0.497. The Morgan fingerprint density at radius 1 is 1.38 bits per heavy atom. The second-order valence-corrected chi connectivity index (χ2v) is 6.99. The smallest absolute Gasteiger partial charge is 0.281 e. The average Bonchev–Trinajstić information content (AvgIpc) is 2.96. The molecule has 0 aliphatic carbocycles. The maximum atomic E-state index is 12.6. The molecule has 3 rings (SSSR count). The highest BCUT2D eigenvalue weighted by atomic mass is 35.5. The van der Waals surface area contributed by atoms with E-state index in [1.807, 2.05) is 0 Å². The van der Waals surface area contributed by atoms with Crippen LogP contribution in [-0.2, 0) is 10.0 Å². The standard InChI is InChI=1S/C11H10ClN5O2S2/c12-7-2-1-3-8(6-7)16-21(18,19)10-9(15-13)14-11-17(10)4-5-20-11/h1-6,15-16H,13H2. The average molecular weight is 344 g/mol. The summed E-state index contributed by atoms with van der Waals surface area (Å²) in [7, 11) is -3.87. The lowest BCUT2D eigenvalue weighted by atomic mass is 10.3. The van der Waals surface area contributed by atoms with Gasteiger partial charge in [-0.3, -0.25) is 9.12 Å². The van der Waals surface area contributed by atoms with Crippen LogP contribution >= 0.6 is 22.9 Å². The summed E-state index contributed by atoms with van der Waals surface area (Å²) >= 11 is 7.16. The van der Waals surface area contributed by atoms with Crippen molar-refractivity contribution in [2.45, 2.75) is 5.03 Å². The zero-order valence-electron chi connectivity index (χ0n) is 10.4. The van der Waals surface area contributed by atoms with Crippen molar-refractivity contribution in [3.05, 3.63) is 40.9 Å². The molecule has 2 heterocycles. The molecule has 0 radical (unpaired) electrons. The number of halogens is 1. The van der Waals surface area contributed by atoms with E-state index in [0.717, 1.165) is 0 Å². The van der Waals surface area contributed by atoms with Gasteiger partial charge in [0.25, 0.3) is 10.0 Å². The maximum Gasteiger partial charge on any atom is 0.281 e. The number of nitrogen functional groups attached to an aromatic ring is 1. The second-order valence-electron chi connectivity index (χ2n) is 4.08. The van der Waals surface area contributed by atoms with Crippen molar-refractivity contribution in [3.8, 4) is 0 Å². The molecule has 0 aliphatic rings. The Balaban J connectivity index is 2.09. The number of hydrogen-bond acceptors (Lipinski definition) is 6. The molecule has 0 spiro atoms. The van der Waals surface area contributed by atoms with Crippen molar-refractivity contribution in [3.63, 3.8) is 0 Å². The zero-order valence-corrected chi connectivity index (χ0v) is 12.8. The van der Waals surface area contributed by atoms with Crippen LogP contribution in [0.5, 0.6) is 0 Å². The maximum absolute atomic E-state index is 12.6. The molecule has 21 heavy (non-hydrogen) atoms. The van der Waals surface area contributed by atoms with Gasteiger partial charge in [0, 0.05) is 16.6 Å². The second kappa shape index (κ2) is 5.19. The first kappa shape index (κ1) is 14.1. The number of rotatable bonds is 4.